The van der Waals surface area contributed by atoms with Crippen molar-refractivity contribution in [2.45, 2.75) is 24.9 Å². The van der Waals surface area contributed by atoms with Crippen molar-refractivity contribution in [3.8, 4) is 0 Å². The van der Waals surface area contributed by atoms with Crippen LogP contribution >= 0.6 is 27.5 Å². The number of piperidine rings is 1. The van der Waals surface area contributed by atoms with Crippen LogP contribution in [0.4, 0.5) is 0 Å². The van der Waals surface area contributed by atoms with Gasteiger partial charge in [0.05, 0.1) is 17.8 Å². The first kappa shape index (κ1) is 20.3. The molecule has 0 aliphatic carbocycles. The second kappa shape index (κ2) is 9.66. The van der Waals surface area contributed by atoms with E-state index in [0.717, 1.165) is 46.7 Å². The summed E-state index contributed by atoms with van der Waals surface area (Å²) in [6, 6.07) is 23.1. The van der Waals surface area contributed by atoms with E-state index in [1.807, 2.05) is 36.5 Å². The number of pyridine rings is 1. The van der Waals surface area contributed by atoms with Crippen molar-refractivity contribution in [2.75, 3.05) is 13.1 Å². The maximum absolute atomic E-state index is 6.60. The molecule has 3 nitrogen and oxygen atoms in total. The van der Waals surface area contributed by atoms with Crippen LogP contribution in [-0.4, -0.2) is 35.2 Å². The van der Waals surface area contributed by atoms with Crippen LogP contribution in [0, 0.1) is 0 Å². The number of nitrogens with zero attached hydrogens (tertiary/aromatic N) is 3. The third kappa shape index (κ3) is 5.13. The van der Waals surface area contributed by atoms with Crippen molar-refractivity contribution in [1.82, 2.24) is 9.88 Å². The molecule has 2 aromatic carbocycles. The summed E-state index contributed by atoms with van der Waals surface area (Å²) in [5, 5.41) is 0.815. The van der Waals surface area contributed by atoms with E-state index in [9.17, 15) is 0 Å². The first-order valence-electron chi connectivity index (χ1n) is 9.89. The van der Waals surface area contributed by atoms with Gasteiger partial charge in [0.2, 0.25) is 0 Å². The molecule has 1 saturated heterocycles. The van der Waals surface area contributed by atoms with Crippen molar-refractivity contribution in [1.29, 1.82) is 0 Å². The molecule has 0 N–H and O–H groups in total. The highest BCUT2D eigenvalue weighted by molar-refractivity contribution is 9.10. The molecular weight excluding hydrogens is 446 g/mol. The van der Waals surface area contributed by atoms with Gasteiger partial charge in [0.25, 0.3) is 0 Å². The molecule has 1 aliphatic heterocycles. The molecule has 1 unspecified atom stereocenters. The van der Waals surface area contributed by atoms with E-state index in [2.05, 4.69) is 62.2 Å². The number of benzene rings is 2. The summed E-state index contributed by atoms with van der Waals surface area (Å²) in [5.74, 6) is 0. The molecule has 1 aliphatic rings. The van der Waals surface area contributed by atoms with Crippen LogP contribution in [0.5, 0.6) is 0 Å². The monoisotopic (exact) mass is 467 g/mol. The van der Waals surface area contributed by atoms with Crippen LogP contribution in [0.25, 0.3) is 0 Å². The van der Waals surface area contributed by atoms with Gasteiger partial charge in [-0.3, -0.25) is 14.9 Å². The van der Waals surface area contributed by atoms with Crippen LogP contribution in [0.1, 0.15) is 35.7 Å². The maximum atomic E-state index is 6.60. The summed E-state index contributed by atoms with van der Waals surface area (Å²) < 4.78 is 1.08. The van der Waals surface area contributed by atoms with E-state index in [-0.39, 0.29) is 6.04 Å². The van der Waals surface area contributed by atoms with Crippen molar-refractivity contribution in [3.05, 3.63) is 99.2 Å². The van der Waals surface area contributed by atoms with Crippen molar-refractivity contribution >= 4 is 33.7 Å². The van der Waals surface area contributed by atoms with Crippen molar-refractivity contribution < 1.29 is 0 Å². The zero-order valence-corrected chi connectivity index (χ0v) is 18.4. The molecule has 1 fully saturated rings. The van der Waals surface area contributed by atoms with Crippen molar-refractivity contribution in [2.24, 2.45) is 4.99 Å². The Morgan fingerprint density at radius 3 is 2.41 bits per heavy atom. The number of hydrogen-bond donors (Lipinski definition) is 0. The topological polar surface area (TPSA) is 28.5 Å². The molecule has 5 heteroatoms. The lowest BCUT2D eigenvalue weighted by atomic mass is 9.94. The first-order chi connectivity index (χ1) is 14.2. The first-order valence-corrected chi connectivity index (χ1v) is 11.1. The fourth-order valence-corrected chi connectivity index (χ4v) is 4.36. The highest BCUT2D eigenvalue weighted by Gasteiger charge is 2.28. The predicted molar refractivity (Wildman–Crippen MR) is 124 cm³/mol. The fraction of sp³-hybridized carbons (Fsp3) is 0.250. The second-order valence-corrected chi connectivity index (χ2v) is 8.60. The Morgan fingerprint density at radius 1 is 1.00 bits per heavy atom. The Morgan fingerprint density at radius 2 is 1.72 bits per heavy atom. The molecule has 0 amide bonds. The Balaban J connectivity index is 1.51. The van der Waals surface area contributed by atoms with E-state index in [1.54, 1.807) is 6.20 Å². The third-order valence-corrected chi connectivity index (χ3v) is 6.23. The largest absolute Gasteiger partial charge is 0.292 e. The molecule has 0 spiro atoms. The van der Waals surface area contributed by atoms with Gasteiger partial charge in [0, 0.05) is 35.0 Å². The van der Waals surface area contributed by atoms with E-state index in [4.69, 9.17) is 16.6 Å². The minimum absolute atomic E-state index is 0.150. The highest BCUT2D eigenvalue weighted by atomic mass is 79.9. The number of halogens is 2. The van der Waals surface area contributed by atoms with Crippen molar-refractivity contribution in [3.63, 3.8) is 0 Å². The standard InChI is InChI=1S/C24H23BrClN3/c25-19-10-8-18(9-11-19)24(22-6-1-2-7-23(22)26)29-15-12-20(13-16-29)28-17-21-5-3-4-14-27-21/h1-11,14,17,20,24H,12-13,15-16H2. The minimum atomic E-state index is 0.150. The lowest BCUT2D eigenvalue weighted by Crippen LogP contribution is -2.38. The Hall–Kier alpha value is -2.01. The summed E-state index contributed by atoms with van der Waals surface area (Å²) in [6.07, 6.45) is 5.76. The predicted octanol–water partition coefficient (Wildman–Crippen LogP) is 6.17. The van der Waals surface area contributed by atoms with Crippen LogP contribution in [0.3, 0.4) is 0 Å². The van der Waals surface area contributed by atoms with Gasteiger partial charge >= 0.3 is 0 Å². The maximum Gasteiger partial charge on any atom is 0.0807 e. The average molecular weight is 469 g/mol. The Bertz CT molecular complexity index is 951. The van der Waals surface area contributed by atoms with Crippen LogP contribution in [0.15, 0.2) is 82.4 Å². The van der Waals surface area contributed by atoms with Gasteiger partial charge in [-0.1, -0.05) is 63.9 Å². The number of hydrogen-bond acceptors (Lipinski definition) is 3. The molecular formula is C24H23BrClN3. The molecule has 29 heavy (non-hydrogen) atoms. The van der Waals surface area contributed by atoms with Crippen LogP contribution in [0.2, 0.25) is 5.02 Å². The van der Waals surface area contributed by atoms with Gasteiger partial charge in [-0.05, 0) is 54.3 Å². The zero-order chi connectivity index (χ0) is 20.1. The normalized spacial score (nSPS) is 16.9. The quantitative estimate of drug-likeness (QED) is 0.419. The highest BCUT2D eigenvalue weighted by Crippen LogP contribution is 2.35. The summed E-state index contributed by atoms with van der Waals surface area (Å²) >= 11 is 10.1. The van der Waals surface area contributed by atoms with E-state index >= 15 is 0 Å². The van der Waals surface area contributed by atoms with Crippen LogP contribution in [-0.2, 0) is 0 Å². The van der Waals surface area contributed by atoms with Gasteiger partial charge in [-0.15, -0.1) is 0 Å². The molecule has 0 radical (unpaired) electrons. The Labute approximate surface area is 185 Å². The molecule has 0 bridgehead atoms. The minimum Gasteiger partial charge on any atom is -0.292 e. The lowest BCUT2D eigenvalue weighted by molar-refractivity contribution is 0.175. The molecule has 1 aromatic heterocycles. The number of rotatable bonds is 5. The van der Waals surface area contributed by atoms with Gasteiger partial charge in [-0.25, -0.2) is 0 Å². The zero-order valence-electron chi connectivity index (χ0n) is 16.1. The number of likely N-dealkylation sites (tertiary alicyclic amines) is 1. The van der Waals surface area contributed by atoms with Crippen LogP contribution < -0.4 is 0 Å². The fourth-order valence-electron chi connectivity index (χ4n) is 3.86. The molecule has 4 rings (SSSR count). The van der Waals surface area contributed by atoms with E-state index < -0.39 is 0 Å². The van der Waals surface area contributed by atoms with E-state index in [1.165, 1.54) is 5.56 Å². The molecule has 0 saturated carbocycles. The number of aliphatic imine (C=N–C) groups is 1. The SMILES string of the molecule is Clc1ccccc1C(c1ccc(Br)cc1)N1CCC(N=Cc2ccccn2)CC1. The van der Waals surface area contributed by atoms with Gasteiger partial charge in [0.15, 0.2) is 0 Å². The Kier molecular flexibility index (Phi) is 6.75. The molecule has 2 heterocycles. The van der Waals surface area contributed by atoms with Gasteiger partial charge in [-0.2, -0.15) is 0 Å². The average Bonchev–Trinajstić information content (AvgIpc) is 2.77. The third-order valence-electron chi connectivity index (χ3n) is 5.36. The van der Waals surface area contributed by atoms with Gasteiger partial charge in [0.1, 0.15) is 0 Å². The summed E-state index contributed by atoms with van der Waals surface area (Å²) in [4.78, 5) is 11.6. The molecule has 3 aromatic rings. The summed E-state index contributed by atoms with van der Waals surface area (Å²) in [7, 11) is 0. The number of aromatic nitrogens is 1. The van der Waals surface area contributed by atoms with Gasteiger partial charge < -0.3 is 0 Å². The summed E-state index contributed by atoms with van der Waals surface area (Å²) in [6.45, 7) is 1.96. The molecule has 148 valence electrons. The molecule has 1 atom stereocenters. The van der Waals surface area contributed by atoms with E-state index in [0.29, 0.717) is 6.04 Å². The second-order valence-electron chi connectivity index (χ2n) is 7.28. The lowest BCUT2D eigenvalue weighted by Gasteiger charge is -2.37. The smallest absolute Gasteiger partial charge is 0.0807 e. The summed E-state index contributed by atoms with van der Waals surface area (Å²) in [5.41, 5.74) is 3.34.